The van der Waals surface area contributed by atoms with E-state index in [1.54, 1.807) is 18.3 Å². The molecular formula is C17H19N3O2. The van der Waals surface area contributed by atoms with Gasteiger partial charge in [0.05, 0.1) is 18.8 Å². The third-order valence-electron chi connectivity index (χ3n) is 3.80. The lowest BCUT2D eigenvalue weighted by molar-refractivity contribution is -0.0228. The van der Waals surface area contributed by atoms with Crippen molar-refractivity contribution in [1.29, 1.82) is 0 Å². The van der Waals surface area contributed by atoms with Crippen LogP contribution in [-0.4, -0.2) is 35.5 Å². The van der Waals surface area contributed by atoms with Crippen molar-refractivity contribution in [3.05, 3.63) is 65.5 Å². The van der Waals surface area contributed by atoms with Crippen LogP contribution in [0.3, 0.4) is 0 Å². The van der Waals surface area contributed by atoms with E-state index in [1.165, 1.54) is 0 Å². The van der Waals surface area contributed by atoms with Gasteiger partial charge >= 0.3 is 0 Å². The highest BCUT2D eigenvalue weighted by Crippen LogP contribution is 2.23. The Balaban J connectivity index is 1.75. The molecule has 1 amide bonds. The minimum Gasteiger partial charge on any atom is -0.370 e. The summed E-state index contributed by atoms with van der Waals surface area (Å²) in [6.45, 7) is 2.03. The number of benzene rings is 1. The Morgan fingerprint density at radius 1 is 1.32 bits per heavy atom. The predicted octanol–water partition coefficient (Wildman–Crippen LogP) is 1.75. The monoisotopic (exact) mass is 297 g/mol. The number of amides is 1. The van der Waals surface area contributed by atoms with Crippen LogP contribution in [0.5, 0.6) is 0 Å². The number of hydrogen-bond acceptors (Lipinski definition) is 4. The molecule has 1 atom stereocenters. The largest absolute Gasteiger partial charge is 0.370 e. The van der Waals surface area contributed by atoms with Crippen LogP contribution in [0.15, 0.2) is 48.7 Å². The Bertz CT molecular complexity index is 645. The van der Waals surface area contributed by atoms with Gasteiger partial charge in [0.2, 0.25) is 0 Å². The molecule has 1 aromatic carbocycles. The fourth-order valence-corrected chi connectivity index (χ4v) is 2.61. The lowest BCUT2D eigenvalue weighted by atomic mass is 10.1. The number of aromatic nitrogens is 1. The van der Waals surface area contributed by atoms with Crippen molar-refractivity contribution < 1.29 is 9.53 Å². The van der Waals surface area contributed by atoms with E-state index in [-0.39, 0.29) is 12.0 Å². The lowest BCUT2D eigenvalue weighted by Gasteiger charge is -2.33. The van der Waals surface area contributed by atoms with Crippen molar-refractivity contribution in [1.82, 2.24) is 9.88 Å². The summed E-state index contributed by atoms with van der Waals surface area (Å²) in [5.74, 6) is 0.00123. The van der Waals surface area contributed by atoms with Crippen molar-refractivity contribution in [3.63, 3.8) is 0 Å². The van der Waals surface area contributed by atoms with E-state index in [4.69, 9.17) is 10.5 Å². The van der Waals surface area contributed by atoms with Crippen LogP contribution in [0.2, 0.25) is 0 Å². The zero-order valence-corrected chi connectivity index (χ0v) is 12.3. The molecule has 0 radical (unpaired) electrons. The zero-order chi connectivity index (χ0) is 15.4. The first-order chi connectivity index (χ1) is 10.8. The fourth-order valence-electron chi connectivity index (χ4n) is 2.61. The van der Waals surface area contributed by atoms with E-state index in [0.29, 0.717) is 31.8 Å². The molecule has 3 rings (SSSR count). The second-order valence-corrected chi connectivity index (χ2v) is 5.26. The second kappa shape index (κ2) is 6.68. The second-order valence-electron chi connectivity index (χ2n) is 5.26. The van der Waals surface area contributed by atoms with Gasteiger partial charge in [0.15, 0.2) is 0 Å². The summed E-state index contributed by atoms with van der Waals surface area (Å²) in [5, 5.41) is 0. The van der Waals surface area contributed by atoms with Gasteiger partial charge in [0.25, 0.3) is 5.91 Å². The minimum atomic E-state index is -0.0743. The first kappa shape index (κ1) is 14.7. The van der Waals surface area contributed by atoms with E-state index < -0.39 is 0 Å². The van der Waals surface area contributed by atoms with Gasteiger partial charge in [-0.3, -0.25) is 9.78 Å². The van der Waals surface area contributed by atoms with Gasteiger partial charge in [-0.05, 0) is 17.7 Å². The summed E-state index contributed by atoms with van der Waals surface area (Å²) < 4.78 is 5.80. The summed E-state index contributed by atoms with van der Waals surface area (Å²) in [5.41, 5.74) is 8.03. The molecule has 0 spiro atoms. The topological polar surface area (TPSA) is 68.5 Å². The standard InChI is InChI=1S/C17H19N3O2/c18-11-15-10-14(6-7-19-15)17(21)20-8-9-22-16(12-20)13-4-2-1-3-5-13/h1-7,10,16H,8-9,11-12,18H2. The quantitative estimate of drug-likeness (QED) is 0.937. The van der Waals surface area contributed by atoms with E-state index in [9.17, 15) is 4.79 Å². The normalized spacial score (nSPS) is 18.2. The molecule has 0 saturated carbocycles. The molecule has 2 heterocycles. The van der Waals surface area contributed by atoms with Gasteiger partial charge in [-0.2, -0.15) is 0 Å². The first-order valence-electron chi connectivity index (χ1n) is 7.39. The van der Waals surface area contributed by atoms with Crippen molar-refractivity contribution in [2.24, 2.45) is 5.73 Å². The van der Waals surface area contributed by atoms with Crippen LogP contribution >= 0.6 is 0 Å². The Labute approximate surface area is 129 Å². The van der Waals surface area contributed by atoms with Gasteiger partial charge < -0.3 is 15.4 Å². The van der Waals surface area contributed by atoms with Crippen molar-refractivity contribution >= 4 is 5.91 Å². The number of carbonyl (C=O) groups is 1. The Kier molecular flexibility index (Phi) is 4.46. The van der Waals surface area contributed by atoms with Gasteiger partial charge in [-0.15, -0.1) is 0 Å². The van der Waals surface area contributed by atoms with Crippen LogP contribution in [0.25, 0.3) is 0 Å². The van der Waals surface area contributed by atoms with Crippen LogP contribution in [0.1, 0.15) is 27.7 Å². The molecule has 1 aliphatic heterocycles. The highest BCUT2D eigenvalue weighted by molar-refractivity contribution is 5.94. The molecule has 1 fully saturated rings. The molecule has 22 heavy (non-hydrogen) atoms. The maximum atomic E-state index is 12.6. The average molecular weight is 297 g/mol. The number of nitrogens with two attached hydrogens (primary N) is 1. The molecule has 1 saturated heterocycles. The smallest absolute Gasteiger partial charge is 0.254 e. The molecule has 1 unspecified atom stereocenters. The Hall–Kier alpha value is -2.24. The Morgan fingerprint density at radius 2 is 2.14 bits per heavy atom. The number of nitrogens with zero attached hydrogens (tertiary/aromatic N) is 2. The van der Waals surface area contributed by atoms with Crippen LogP contribution in [0, 0.1) is 0 Å². The van der Waals surface area contributed by atoms with Crippen molar-refractivity contribution in [2.45, 2.75) is 12.6 Å². The van der Waals surface area contributed by atoms with Crippen molar-refractivity contribution in [3.8, 4) is 0 Å². The average Bonchev–Trinajstić information content (AvgIpc) is 2.62. The number of rotatable bonds is 3. The first-order valence-corrected chi connectivity index (χ1v) is 7.39. The maximum Gasteiger partial charge on any atom is 0.254 e. The number of carbonyl (C=O) groups excluding carboxylic acids is 1. The van der Waals surface area contributed by atoms with Gasteiger partial charge in [0, 0.05) is 24.8 Å². The molecule has 114 valence electrons. The summed E-state index contributed by atoms with van der Waals surface area (Å²) in [4.78, 5) is 18.6. The van der Waals surface area contributed by atoms with Crippen LogP contribution in [0.4, 0.5) is 0 Å². The Morgan fingerprint density at radius 3 is 2.91 bits per heavy atom. The molecular weight excluding hydrogens is 278 g/mol. The van der Waals surface area contributed by atoms with Crippen LogP contribution < -0.4 is 5.73 Å². The molecule has 2 N–H and O–H groups in total. The van der Waals surface area contributed by atoms with Gasteiger partial charge in [-0.25, -0.2) is 0 Å². The third kappa shape index (κ3) is 3.16. The maximum absolute atomic E-state index is 12.6. The molecule has 2 aromatic rings. The number of hydrogen-bond donors (Lipinski definition) is 1. The minimum absolute atomic E-state index is 0.00123. The summed E-state index contributed by atoms with van der Waals surface area (Å²) in [6, 6.07) is 13.5. The highest BCUT2D eigenvalue weighted by atomic mass is 16.5. The summed E-state index contributed by atoms with van der Waals surface area (Å²) in [6.07, 6.45) is 1.56. The molecule has 1 aromatic heterocycles. The molecule has 1 aliphatic rings. The SMILES string of the molecule is NCc1cc(C(=O)N2CCOC(c3ccccc3)C2)ccn1. The van der Waals surface area contributed by atoms with E-state index in [0.717, 1.165) is 11.3 Å². The summed E-state index contributed by atoms with van der Waals surface area (Å²) >= 11 is 0. The van der Waals surface area contributed by atoms with Crippen LogP contribution in [-0.2, 0) is 11.3 Å². The van der Waals surface area contributed by atoms with E-state index >= 15 is 0 Å². The molecule has 0 bridgehead atoms. The van der Waals surface area contributed by atoms with E-state index in [2.05, 4.69) is 4.98 Å². The number of ether oxygens (including phenoxy) is 1. The predicted molar refractivity (Wildman–Crippen MR) is 83.2 cm³/mol. The fraction of sp³-hybridized carbons (Fsp3) is 0.294. The van der Waals surface area contributed by atoms with E-state index in [1.807, 2.05) is 35.2 Å². The third-order valence-corrected chi connectivity index (χ3v) is 3.80. The van der Waals surface area contributed by atoms with Gasteiger partial charge in [-0.1, -0.05) is 30.3 Å². The number of pyridine rings is 1. The highest BCUT2D eigenvalue weighted by Gasteiger charge is 2.26. The molecule has 5 nitrogen and oxygen atoms in total. The van der Waals surface area contributed by atoms with Gasteiger partial charge in [0.1, 0.15) is 6.10 Å². The van der Waals surface area contributed by atoms with Crippen molar-refractivity contribution in [2.75, 3.05) is 19.7 Å². The lowest BCUT2D eigenvalue weighted by Crippen LogP contribution is -2.42. The summed E-state index contributed by atoms with van der Waals surface area (Å²) in [7, 11) is 0. The molecule has 0 aliphatic carbocycles. The molecule has 5 heteroatoms. The number of morpholine rings is 1. The zero-order valence-electron chi connectivity index (χ0n) is 12.3.